The first-order valence-corrected chi connectivity index (χ1v) is 7.76. The van der Waals surface area contributed by atoms with Gasteiger partial charge in [-0.25, -0.2) is 15.0 Å². The standard InChI is InChI=1S/C15H18N6O2/c22-14(21-2-1-12-13(9-21)19-10-18-12)11-7-16-15(17-8-11)20-3-5-23-6-4-20/h7-8,10H,1-6,9H2,(H,18,19). The Balaban J connectivity index is 1.46. The highest BCUT2D eigenvalue weighted by atomic mass is 16.5. The Labute approximate surface area is 133 Å². The molecule has 0 aliphatic carbocycles. The van der Waals surface area contributed by atoms with Gasteiger partial charge in [0.05, 0.1) is 43.0 Å². The number of nitrogens with one attached hydrogen (secondary N) is 1. The van der Waals surface area contributed by atoms with Crippen LogP contribution in [-0.4, -0.2) is 63.6 Å². The number of morpholine rings is 1. The van der Waals surface area contributed by atoms with Crippen molar-refractivity contribution in [2.75, 3.05) is 37.7 Å². The first-order valence-electron chi connectivity index (χ1n) is 7.76. The summed E-state index contributed by atoms with van der Waals surface area (Å²) in [4.78, 5) is 32.5. The van der Waals surface area contributed by atoms with Crippen LogP contribution in [-0.2, 0) is 17.7 Å². The van der Waals surface area contributed by atoms with Crippen molar-refractivity contribution in [3.8, 4) is 0 Å². The van der Waals surface area contributed by atoms with E-state index in [1.54, 1.807) is 23.6 Å². The van der Waals surface area contributed by atoms with E-state index in [0.29, 0.717) is 37.8 Å². The molecule has 4 rings (SSSR count). The van der Waals surface area contributed by atoms with E-state index < -0.39 is 0 Å². The predicted molar refractivity (Wildman–Crippen MR) is 82.1 cm³/mol. The van der Waals surface area contributed by atoms with Gasteiger partial charge in [0, 0.05) is 38.4 Å². The zero-order valence-corrected chi connectivity index (χ0v) is 12.7. The lowest BCUT2D eigenvalue weighted by Gasteiger charge is -2.27. The summed E-state index contributed by atoms with van der Waals surface area (Å²) in [5, 5.41) is 0. The molecule has 8 nitrogen and oxygen atoms in total. The Kier molecular flexibility index (Phi) is 3.66. The molecule has 2 aliphatic heterocycles. The summed E-state index contributed by atoms with van der Waals surface area (Å²) in [6.07, 6.45) is 5.68. The lowest BCUT2D eigenvalue weighted by molar-refractivity contribution is 0.0731. The summed E-state index contributed by atoms with van der Waals surface area (Å²) >= 11 is 0. The van der Waals surface area contributed by atoms with Gasteiger partial charge < -0.3 is 19.5 Å². The molecule has 2 aromatic heterocycles. The second-order valence-corrected chi connectivity index (χ2v) is 5.68. The minimum atomic E-state index is -0.0428. The number of nitrogens with zero attached hydrogens (tertiary/aromatic N) is 5. The number of carbonyl (C=O) groups is 1. The van der Waals surface area contributed by atoms with Crippen molar-refractivity contribution >= 4 is 11.9 Å². The molecular formula is C15H18N6O2. The SMILES string of the molecule is O=C(c1cnc(N2CCOCC2)nc1)N1CCc2nc[nH]c2C1. The summed E-state index contributed by atoms with van der Waals surface area (Å²) in [7, 11) is 0. The Morgan fingerprint density at radius 2 is 1.91 bits per heavy atom. The van der Waals surface area contributed by atoms with Crippen molar-refractivity contribution in [2.45, 2.75) is 13.0 Å². The molecule has 0 spiro atoms. The van der Waals surface area contributed by atoms with Crippen LogP contribution in [0.25, 0.3) is 0 Å². The molecule has 1 amide bonds. The molecule has 4 heterocycles. The Bertz CT molecular complexity index is 692. The molecule has 120 valence electrons. The lowest BCUT2D eigenvalue weighted by atomic mass is 10.1. The van der Waals surface area contributed by atoms with E-state index in [1.165, 1.54) is 0 Å². The number of carbonyl (C=O) groups excluding carboxylic acids is 1. The summed E-state index contributed by atoms with van der Waals surface area (Å²) in [5.74, 6) is 0.609. The zero-order chi connectivity index (χ0) is 15.6. The monoisotopic (exact) mass is 314 g/mol. The van der Waals surface area contributed by atoms with Crippen molar-refractivity contribution < 1.29 is 9.53 Å². The molecule has 1 N–H and O–H groups in total. The number of fused-ring (bicyclic) bond motifs is 1. The van der Waals surface area contributed by atoms with Crippen LogP contribution in [0.1, 0.15) is 21.7 Å². The van der Waals surface area contributed by atoms with Gasteiger partial charge >= 0.3 is 0 Å². The van der Waals surface area contributed by atoms with Gasteiger partial charge in [-0.05, 0) is 0 Å². The summed E-state index contributed by atoms with van der Waals surface area (Å²) in [6, 6.07) is 0. The number of rotatable bonds is 2. The van der Waals surface area contributed by atoms with Crippen LogP contribution in [0.3, 0.4) is 0 Å². The van der Waals surface area contributed by atoms with Crippen LogP contribution >= 0.6 is 0 Å². The highest BCUT2D eigenvalue weighted by Crippen LogP contribution is 2.17. The molecule has 0 aromatic carbocycles. The van der Waals surface area contributed by atoms with Crippen LogP contribution < -0.4 is 4.90 Å². The molecule has 0 unspecified atom stereocenters. The first kappa shape index (κ1) is 14.1. The van der Waals surface area contributed by atoms with Crippen LogP contribution in [0, 0.1) is 0 Å². The maximum Gasteiger partial charge on any atom is 0.257 e. The largest absolute Gasteiger partial charge is 0.378 e. The highest BCUT2D eigenvalue weighted by Gasteiger charge is 2.24. The normalized spacial score (nSPS) is 17.9. The molecule has 0 bridgehead atoms. The van der Waals surface area contributed by atoms with Gasteiger partial charge in [0.1, 0.15) is 0 Å². The number of amides is 1. The van der Waals surface area contributed by atoms with E-state index >= 15 is 0 Å². The number of anilines is 1. The molecule has 1 saturated heterocycles. The molecule has 2 aliphatic rings. The summed E-state index contributed by atoms with van der Waals surface area (Å²) < 4.78 is 5.32. The zero-order valence-electron chi connectivity index (χ0n) is 12.7. The van der Waals surface area contributed by atoms with Gasteiger partial charge in [0.2, 0.25) is 5.95 Å². The first-order chi connectivity index (χ1) is 11.3. The topological polar surface area (TPSA) is 87.2 Å². The van der Waals surface area contributed by atoms with Crippen molar-refractivity contribution in [2.24, 2.45) is 0 Å². The number of aromatic nitrogens is 4. The van der Waals surface area contributed by atoms with E-state index in [-0.39, 0.29) is 5.91 Å². The van der Waals surface area contributed by atoms with Crippen molar-refractivity contribution in [1.29, 1.82) is 0 Å². The van der Waals surface area contributed by atoms with E-state index in [2.05, 4.69) is 24.8 Å². The molecule has 0 radical (unpaired) electrons. The van der Waals surface area contributed by atoms with Crippen LogP contribution in [0.2, 0.25) is 0 Å². The number of ether oxygens (including phenoxy) is 1. The van der Waals surface area contributed by atoms with Gasteiger partial charge in [-0.2, -0.15) is 0 Å². The Morgan fingerprint density at radius 1 is 1.13 bits per heavy atom. The quantitative estimate of drug-likeness (QED) is 0.854. The van der Waals surface area contributed by atoms with Gasteiger partial charge in [0.25, 0.3) is 5.91 Å². The van der Waals surface area contributed by atoms with E-state index in [0.717, 1.165) is 30.9 Å². The summed E-state index contributed by atoms with van der Waals surface area (Å²) in [5.41, 5.74) is 2.58. The van der Waals surface area contributed by atoms with Crippen molar-refractivity contribution in [3.63, 3.8) is 0 Å². The Morgan fingerprint density at radius 3 is 2.70 bits per heavy atom. The summed E-state index contributed by atoms with van der Waals surface area (Å²) in [6.45, 7) is 4.15. The fraction of sp³-hybridized carbons (Fsp3) is 0.467. The highest BCUT2D eigenvalue weighted by molar-refractivity contribution is 5.93. The molecule has 1 fully saturated rings. The lowest BCUT2D eigenvalue weighted by Crippen LogP contribution is -2.38. The minimum Gasteiger partial charge on any atom is -0.378 e. The van der Waals surface area contributed by atoms with E-state index in [4.69, 9.17) is 4.74 Å². The molecule has 8 heteroatoms. The smallest absolute Gasteiger partial charge is 0.257 e. The molecule has 23 heavy (non-hydrogen) atoms. The van der Waals surface area contributed by atoms with Crippen molar-refractivity contribution in [1.82, 2.24) is 24.8 Å². The number of aromatic amines is 1. The third-order valence-electron chi connectivity index (χ3n) is 4.24. The number of imidazole rings is 1. The maximum absolute atomic E-state index is 12.6. The number of hydrogen-bond donors (Lipinski definition) is 1. The maximum atomic E-state index is 12.6. The fourth-order valence-corrected chi connectivity index (χ4v) is 2.93. The van der Waals surface area contributed by atoms with Gasteiger partial charge in [-0.1, -0.05) is 0 Å². The number of H-pyrrole nitrogens is 1. The van der Waals surface area contributed by atoms with E-state index in [9.17, 15) is 4.79 Å². The molecular weight excluding hydrogens is 296 g/mol. The van der Waals surface area contributed by atoms with Gasteiger partial charge in [-0.15, -0.1) is 0 Å². The second-order valence-electron chi connectivity index (χ2n) is 5.68. The van der Waals surface area contributed by atoms with Crippen LogP contribution in [0.4, 0.5) is 5.95 Å². The van der Waals surface area contributed by atoms with Crippen molar-refractivity contribution in [3.05, 3.63) is 35.7 Å². The molecule has 0 saturated carbocycles. The van der Waals surface area contributed by atoms with E-state index in [1.807, 2.05) is 0 Å². The van der Waals surface area contributed by atoms with Gasteiger partial charge in [0.15, 0.2) is 0 Å². The Hall–Kier alpha value is -2.48. The average molecular weight is 314 g/mol. The minimum absolute atomic E-state index is 0.0428. The molecule has 0 atom stereocenters. The third-order valence-corrected chi connectivity index (χ3v) is 4.24. The van der Waals surface area contributed by atoms with Crippen LogP contribution in [0.15, 0.2) is 18.7 Å². The fourth-order valence-electron chi connectivity index (χ4n) is 2.93. The van der Waals surface area contributed by atoms with Gasteiger partial charge in [-0.3, -0.25) is 4.79 Å². The second kappa shape index (κ2) is 5.96. The van der Waals surface area contributed by atoms with Crippen LogP contribution in [0.5, 0.6) is 0 Å². The molecule has 2 aromatic rings. The predicted octanol–water partition coefficient (Wildman–Crippen LogP) is 0.235. The average Bonchev–Trinajstić information content (AvgIpc) is 3.10. The third kappa shape index (κ3) is 2.77. The number of hydrogen-bond acceptors (Lipinski definition) is 6.